The largest absolute Gasteiger partial charge is 0.298 e. The van der Waals surface area contributed by atoms with Crippen LogP contribution in [0.25, 0.3) is 0 Å². The molecule has 0 saturated carbocycles. The van der Waals surface area contributed by atoms with Gasteiger partial charge in [-0.05, 0) is 12.1 Å². The Labute approximate surface area is 124 Å². The highest BCUT2D eigenvalue weighted by Crippen LogP contribution is 2.22. The fourth-order valence-electron chi connectivity index (χ4n) is 1.34. The predicted octanol–water partition coefficient (Wildman–Crippen LogP) is 4.17. The molecule has 0 bridgehead atoms. The third kappa shape index (κ3) is 3.29. The van der Waals surface area contributed by atoms with Crippen LogP contribution in [0.2, 0.25) is 0 Å². The van der Waals surface area contributed by atoms with Crippen molar-refractivity contribution in [3.8, 4) is 0 Å². The highest BCUT2D eigenvalue weighted by molar-refractivity contribution is 9.10. The standard InChI is InChI=1S/C11H6BrClF2N2OS/c12-5-1-7(14)9(8(15)2-5)10(18)17-11-16-6(3-13)4-19-11/h1-2,4H,3H2,(H,16,17,18). The maximum Gasteiger partial charge on any atom is 0.263 e. The number of hydrogen-bond donors (Lipinski definition) is 1. The molecule has 2 rings (SSSR count). The molecule has 0 fully saturated rings. The summed E-state index contributed by atoms with van der Waals surface area (Å²) in [6.07, 6.45) is 0. The number of nitrogens with one attached hydrogen (secondary N) is 1. The molecule has 100 valence electrons. The zero-order valence-electron chi connectivity index (χ0n) is 9.21. The zero-order valence-corrected chi connectivity index (χ0v) is 12.4. The van der Waals surface area contributed by atoms with Gasteiger partial charge in [0.05, 0.1) is 11.6 Å². The lowest BCUT2D eigenvalue weighted by Crippen LogP contribution is -2.15. The van der Waals surface area contributed by atoms with Crippen molar-refractivity contribution in [2.24, 2.45) is 0 Å². The second kappa shape index (κ2) is 5.94. The third-order valence-corrected chi connectivity index (χ3v) is 3.68. The van der Waals surface area contributed by atoms with Crippen LogP contribution in [0.3, 0.4) is 0 Å². The van der Waals surface area contributed by atoms with Crippen molar-refractivity contribution in [3.63, 3.8) is 0 Å². The van der Waals surface area contributed by atoms with Gasteiger partial charge in [-0.2, -0.15) is 0 Å². The first-order valence-electron chi connectivity index (χ1n) is 4.97. The number of carbonyl (C=O) groups is 1. The maximum absolute atomic E-state index is 13.6. The number of amides is 1. The molecule has 0 spiro atoms. The summed E-state index contributed by atoms with van der Waals surface area (Å²) >= 11 is 9.64. The van der Waals surface area contributed by atoms with Gasteiger partial charge in [-0.3, -0.25) is 10.1 Å². The molecular formula is C11H6BrClF2N2OS. The van der Waals surface area contributed by atoms with Crippen molar-refractivity contribution in [3.05, 3.63) is 44.9 Å². The summed E-state index contributed by atoms with van der Waals surface area (Å²) in [4.78, 5) is 15.8. The monoisotopic (exact) mass is 366 g/mol. The molecule has 1 amide bonds. The van der Waals surface area contributed by atoms with E-state index in [2.05, 4.69) is 26.2 Å². The molecule has 0 aliphatic rings. The Kier molecular flexibility index (Phi) is 4.49. The maximum atomic E-state index is 13.6. The van der Waals surface area contributed by atoms with Crippen LogP contribution in [0.1, 0.15) is 16.1 Å². The predicted molar refractivity (Wildman–Crippen MR) is 73.7 cm³/mol. The topological polar surface area (TPSA) is 42.0 Å². The first kappa shape index (κ1) is 14.4. The van der Waals surface area contributed by atoms with Gasteiger partial charge in [-0.1, -0.05) is 15.9 Å². The number of halogens is 4. The van der Waals surface area contributed by atoms with Gasteiger partial charge in [0.2, 0.25) is 0 Å². The summed E-state index contributed by atoms with van der Waals surface area (Å²) in [6.45, 7) is 0. The summed E-state index contributed by atoms with van der Waals surface area (Å²) in [6, 6.07) is 2.04. The van der Waals surface area contributed by atoms with Crippen molar-refractivity contribution >= 4 is 49.9 Å². The van der Waals surface area contributed by atoms with E-state index in [1.54, 1.807) is 5.38 Å². The Morgan fingerprint density at radius 1 is 1.42 bits per heavy atom. The van der Waals surface area contributed by atoms with Crippen LogP contribution >= 0.6 is 38.9 Å². The normalized spacial score (nSPS) is 10.5. The van der Waals surface area contributed by atoms with Gasteiger partial charge in [0, 0.05) is 9.85 Å². The molecule has 0 saturated heterocycles. The Morgan fingerprint density at radius 3 is 2.58 bits per heavy atom. The molecule has 1 N–H and O–H groups in total. The minimum absolute atomic E-state index is 0.202. The lowest BCUT2D eigenvalue weighted by molar-refractivity contribution is 0.101. The second-order valence-electron chi connectivity index (χ2n) is 3.48. The van der Waals surface area contributed by atoms with Crippen molar-refractivity contribution in [2.45, 2.75) is 5.88 Å². The molecule has 2 aromatic rings. The van der Waals surface area contributed by atoms with E-state index in [1.807, 2.05) is 0 Å². The molecule has 0 atom stereocenters. The molecule has 1 heterocycles. The second-order valence-corrected chi connectivity index (χ2v) is 5.52. The highest BCUT2D eigenvalue weighted by Gasteiger charge is 2.19. The number of carbonyl (C=O) groups excluding carboxylic acids is 1. The number of nitrogens with zero attached hydrogens (tertiary/aromatic N) is 1. The fourth-order valence-corrected chi connectivity index (χ4v) is 2.68. The lowest BCUT2D eigenvalue weighted by Gasteiger charge is -2.05. The average molecular weight is 368 g/mol. The molecular weight excluding hydrogens is 362 g/mol. The summed E-state index contributed by atoms with van der Waals surface area (Å²) in [7, 11) is 0. The Bertz CT molecular complexity index is 612. The Balaban J connectivity index is 2.25. The van der Waals surface area contributed by atoms with Crippen LogP contribution < -0.4 is 5.32 Å². The number of thiazole rings is 1. The summed E-state index contributed by atoms with van der Waals surface area (Å²) in [5, 5.41) is 4.22. The summed E-state index contributed by atoms with van der Waals surface area (Å²) < 4.78 is 27.4. The first-order chi connectivity index (χ1) is 9.01. The van der Waals surface area contributed by atoms with E-state index in [9.17, 15) is 13.6 Å². The van der Waals surface area contributed by atoms with E-state index in [0.717, 1.165) is 23.5 Å². The van der Waals surface area contributed by atoms with Crippen LogP contribution in [0, 0.1) is 11.6 Å². The van der Waals surface area contributed by atoms with Gasteiger partial charge in [0.15, 0.2) is 5.13 Å². The van der Waals surface area contributed by atoms with Gasteiger partial charge in [0.1, 0.15) is 17.2 Å². The average Bonchev–Trinajstić information content (AvgIpc) is 2.75. The minimum atomic E-state index is -0.946. The summed E-state index contributed by atoms with van der Waals surface area (Å²) in [5.41, 5.74) is -0.0652. The van der Waals surface area contributed by atoms with Crippen LogP contribution in [-0.4, -0.2) is 10.9 Å². The molecule has 8 heteroatoms. The number of benzene rings is 1. The quantitative estimate of drug-likeness (QED) is 0.827. The fraction of sp³-hybridized carbons (Fsp3) is 0.0909. The molecule has 0 aliphatic carbocycles. The summed E-state index contributed by atoms with van der Waals surface area (Å²) in [5.74, 6) is -2.58. The molecule has 1 aromatic carbocycles. The minimum Gasteiger partial charge on any atom is -0.298 e. The van der Waals surface area contributed by atoms with Crippen molar-refractivity contribution < 1.29 is 13.6 Å². The van der Waals surface area contributed by atoms with Crippen molar-refractivity contribution in [2.75, 3.05) is 5.32 Å². The number of anilines is 1. The number of aromatic nitrogens is 1. The molecule has 3 nitrogen and oxygen atoms in total. The highest BCUT2D eigenvalue weighted by atomic mass is 79.9. The van der Waals surface area contributed by atoms with Crippen LogP contribution in [0.15, 0.2) is 22.0 Å². The molecule has 19 heavy (non-hydrogen) atoms. The number of hydrogen-bond acceptors (Lipinski definition) is 3. The van der Waals surface area contributed by atoms with Crippen LogP contribution in [0.4, 0.5) is 13.9 Å². The van der Waals surface area contributed by atoms with E-state index in [0.29, 0.717) is 5.69 Å². The van der Waals surface area contributed by atoms with E-state index >= 15 is 0 Å². The van der Waals surface area contributed by atoms with E-state index in [4.69, 9.17) is 11.6 Å². The molecule has 1 aromatic heterocycles. The van der Waals surface area contributed by atoms with Crippen molar-refractivity contribution in [1.29, 1.82) is 0 Å². The van der Waals surface area contributed by atoms with Gasteiger partial charge in [-0.25, -0.2) is 13.8 Å². The number of rotatable bonds is 3. The SMILES string of the molecule is O=C(Nc1nc(CCl)cs1)c1c(F)cc(Br)cc1F. The third-order valence-electron chi connectivity index (χ3n) is 2.14. The zero-order chi connectivity index (χ0) is 14.0. The van der Waals surface area contributed by atoms with Crippen LogP contribution in [0.5, 0.6) is 0 Å². The van der Waals surface area contributed by atoms with Gasteiger partial charge in [-0.15, -0.1) is 22.9 Å². The lowest BCUT2D eigenvalue weighted by atomic mass is 10.2. The van der Waals surface area contributed by atoms with E-state index in [-0.39, 0.29) is 15.5 Å². The molecule has 0 radical (unpaired) electrons. The van der Waals surface area contributed by atoms with E-state index in [1.165, 1.54) is 0 Å². The van der Waals surface area contributed by atoms with Crippen molar-refractivity contribution in [1.82, 2.24) is 4.98 Å². The molecule has 0 aliphatic heterocycles. The smallest absolute Gasteiger partial charge is 0.263 e. The molecule has 0 unspecified atom stereocenters. The Hall–Kier alpha value is -1.05. The number of alkyl halides is 1. The van der Waals surface area contributed by atoms with E-state index < -0.39 is 23.1 Å². The Morgan fingerprint density at radius 2 is 2.05 bits per heavy atom. The first-order valence-corrected chi connectivity index (χ1v) is 7.18. The van der Waals surface area contributed by atoms with Gasteiger partial charge in [0.25, 0.3) is 5.91 Å². The van der Waals surface area contributed by atoms with Gasteiger partial charge < -0.3 is 0 Å². The van der Waals surface area contributed by atoms with Crippen LogP contribution in [-0.2, 0) is 5.88 Å². The van der Waals surface area contributed by atoms with Gasteiger partial charge >= 0.3 is 0 Å².